The maximum Gasteiger partial charge on any atom is 0.0797 e. The van der Waals surface area contributed by atoms with Gasteiger partial charge in [0.05, 0.1) is 11.2 Å². The Labute approximate surface area is 107 Å². The number of aromatic nitrogens is 1. The molecule has 2 aliphatic rings. The summed E-state index contributed by atoms with van der Waals surface area (Å²) in [4.78, 5) is 8.44. The van der Waals surface area contributed by atoms with Gasteiger partial charge in [-0.25, -0.2) is 4.98 Å². The Kier molecular flexibility index (Phi) is 3.45. The van der Waals surface area contributed by atoms with Crippen molar-refractivity contribution in [1.29, 1.82) is 0 Å². The van der Waals surface area contributed by atoms with E-state index < -0.39 is 0 Å². The molecule has 0 bridgehead atoms. The number of hydrogen-bond acceptors (Lipinski definition) is 4. The van der Waals surface area contributed by atoms with Crippen molar-refractivity contribution in [1.82, 2.24) is 15.2 Å². The number of rotatable bonds is 3. The minimum Gasteiger partial charge on any atom is -0.316 e. The predicted molar refractivity (Wildman–Crippen MR) is 71.5 cm³/mol. The van der Waals surface area contributed by atoms with Gasteiger partial charge in [0.1, 0.15) is 0 Å². The van der Waals surface area contributed by atoms with E-state index >= 15 is 0 Å². The molecule has 17 heavy (non-hydrogen) atoms. The summed E-state index contributed by atoms with van der Waals surface area (Å²) in [6.07, 6.45) is 2.57. The third kappa shape index (κ3) is 2.54. The lowest BCUT2D eigenvalue weighted by Crippen LogP contribution is -2.40. The Morgan fingerprint density at radius 1 is 1.47 bits per heavy atom. The van der Waals surface area contributed by atoms with E-state index in [1.165, 1.54) is 56.1 Å². The molecule has 1 aromatic rings. The summed E-state index contributed by atoms with van der Waals surface area (Å²) in [6.45, 7) is 8.43. The Hall–Kier alpha value is -0.450. The van der Waals surface area contributed by atoms with Crippen molar-refractivity contribution in [3.63, 3.8) is 0 Å². The standard InChI is InChI=1S/C13H21N3S/c1-10-13(17-9-15-10)3-5-16-4-2-11-6-14-7-12(11)8-16/h9,11-12,14H,2-8H2,1H3. The Morgan fingerprint density at radius 2 is 2.35 bits per heavy atom. The summed E-state index contributed by atoms with van der Waals surface area (Å²) in [5.41, 5.74) is 3.20. The number of nitrogens with zero attached hydrogens (tertiary/aromatic N) is 2. The number of hydrogen-bond donors (Lipinski definition) is 1. The number of nitrogens with one attached hydrogen (secondary N) is 1. The maximum atomic E-state index is 4.32. The third-order valence-electron chi connectivity index (χ3n) is 4.29. The zero-order valence-electron chi connectivity index (χ0n) is 10.5. The highest BCUT2D eigenvalue weighted by molar-refractivity contribution is 7.09. The van der Waals surface area contributed by atoms with E-state index in [-0.39, 0.29) is 0 Å². The van der Waals surface area contributed by atoms with Gasteiger partial charge in [0.2, 0.25) is 0 Å². The first-order valence-electron chi connectivity index (χ1n) is 6.65. The van der Waals surface area contributed by atoms with Gasteiger partial charge in [-0.3, -0.25) is 0 Å². The van der Waals surface area contributed by atoms with Crippen molar-refractivity contribution < 1.29 is 0 Å². The fourth-order valence-electron chi connectivity index (χ4n) is 3.14. The minimum atomic E-state index is 0.909. The van der Waals surface area contributed by atoms with Gasteiger partial charge in [-0.2, -0.15) is 0 Å². The molecule has 0 spiro atoms. The summed E-state index contributed by atoms with van der Waals surface area (Å²) < 4.78 is 0. The Morgan fingerprint density at radius 3 is 3.18 bits per heavy atom. The third-order valence-corrected chi connectivity index (χ3v) is 5.28. The van der Waals surface area contributed by atoms with Crippen LogP contribution in [0.5, 0.6) is 0 Å². The first-order valence-corrected chi connectivity index (χ1v) is 7.53. The van der Waals surface area contributed by atoms with Crippen LogP contribution in [0.25, 0.3) is 0 Å². The second kappa shape index (κ2) is 5.04. The van der Waals surface area contributed by atoms with Gasteiger partial charge < -0.3 is 10.2 Å². The summed E-state index contributed by atoms with van der Waals surface area (Å²) >= 11 is 1.81. The van der Waals surface area contributed by atoms with Crippen LogP contribution in [0.1, 0.15) is 17.0 Å². The van der Waals surface area contributed by atoms with Gasteiger partial charge in [-0.1, -0.05) is 0 Å². The molecule has 1 N–H and O–H groups in total. The lowest BCUT2D eigenvalue weighted by Gasteiger charge is -2.34. The van der Waals surface area contributed by atoms with E-state index in [1.54, 1.807) is 0 Å². The largest absolute Gasteiger partial charge is 0.316 e. The SMILES string of the molecule is Cc1ncsc1CCN1CCC2CNCC2C1. The monoisotopic (exact) mass is 251 g/mol. The molecule has 3 rings (SSSR count). The van der Waals surface area contributed by atoms with E-state index in [2.05, 4.69) is 22.1 Å². The molecule has 2 unspecified atom stereocenters. The molecule has 0 radical (unpaired) electrons. The van der Waals surface area contributed by atoms with Gasteiger partial charge in [0, 0.05) is 18.0 Å². The number of fused-ring (bicyclic) bond motifs is 1. The molecule has 2 atom stereocenters. The van der Waals surface area contributed by atoms with Crippen molar-refractivity contribution in [3.8, 4) is 0 Å². The summed E-state index contributed by atoms with van der Waals surface area (Å²) in [6, 6.07) is 0. The fourth-order valence-corrected chi connectivity index (χ4v) is 3.91. The van der Waals surface area contributed by atoms with Crippen molar-refractivity contribution >= 4 is 11.3 Å². The average molecular weight is 251 g/mol. The number of thiazole rings is 1. The highest BCUT2D eigenvalue weighted by Crippen LogP contribution is 2.26. The van der Waals surface area contributed by atoms with Crippen LogP contribution in [0.4, 0.5) is 0 Å². The predicted octanol–water partition coefficient (Wildman–Crippen LogP) is 1.54. The zero-order chi connectivity index (χ0) is 11.7. The second-order valence-corrected chi connectivity index (χ2v) is 6.32. The maximum absolute atomic E-state index is 4.32. The quantitative estimate of drug-likeness (QED) is 0.883. The lowest BCUT2D eigenvalue weighted by molar-refractivity contribution is 0.150. The van der Waals surface area contributed by atoms with Crippen LogP contribution < -0.4 is 5.32 Å². The van der Waals surface area contributed by atoms with Crippen LogP contribution >= 0.6 is 11.3 Å². The van der Waals surface area contributed by atoms with E-state index in [0.29, 0.717) is 0 Å². The highest BCUT2D eigenvalue weighted by Gasteiger charge is 2.32. The van der Waals surface area contributed by atoms with Gasteiger partial charge in [-0.15, -0.1) is 11.3 Å². The molecule has 94 valence electrons. The highest BCUT2D eigenvalue weighted by atomic mass is 32.1. The smallest absolute Gasteiger partial charge is 0.0797 e. The second-order valence-electron chi connectivity index (χ2n) is 5.38. The van der Waals surface area contributed by atoms with Gasteiger partial charge in [0.15, 0.2) is 0 Å². The first kappa shape index (κ1) is 11.6. The van der Waals surface area contributed by atoms with Gasteiger partial charge in [0.25, 0.3) is 0 Å². The molecule has 4 heteroatoms. The minimum absolute atomic E-state index is 0.909. The number of aryl methyl sites for hydroxylation is 1. The van der Waals surface area contributed by atoms with E-state index in [0.717, 1.165) is 11.8 Å². The summed E-state index contributed by atoms with van der Waals surface area (Å²) in [5.74, 6) is 1.86. The molecule has 2 fully saturated rings. The van der Waals surface area contributed by atoms with Crippen LogP contribution in [0.3, 0.4) is 0 Å². The van der Waals surface area contributed by atoms with Crippen LogP contribution in [0.2, 0.25) is 0 Å². The Balaban J connectivity index is 1.51. The Bertz CT molecular complexity index is 376. The van der Waals surface area contributed by atoms with E-state index in [1.807, 2.05) is 16.8 Å². The van der Waals surface area contributed by atoms with Crippen LogP contribution in [0, 0.1) is 18.8 Å². The normalized spacial score (nSPS) is 29.5. The fraction of sp³-hybridized carbons (Fsp3) is 0.769. The molecular formula is C13H21N3S. The van der Waals surface area contributed by atoms with Crippen LogP contribution in [-0.2, 0) is 6.42 Å². The molecule has 2 saturated heterocycles. The zero-order valence-corrected chi connectivity index (χ0v) is 11.3. The topological polar surface area (TPSA) is 28.2 Å². The molecule has 1 aromatic heterocycles. The van der Waals surface area contributed by atoms with Gasteiger partial charge in [-0.05, 0) is 51.2 Å². The molecule has 0 aliphatic carbocycles. The molecular weight excluding hydrogens is 230 g/mol. The molecule has 0 saturated carbocycles. The van der Waals surface area contributed by atoms with Crippen LogP contribution in [-0.4, -0.2) is 42.6 Å². The lowest BCUT2D eigenvalue weighted by atomic mass is 9.88. The van der Waals surface area contributed by atoms with Crippen molar-refractivity contribution in [2.45, 2.75) is 19.8 Å². The summed E-state index contributed by atoms with van der Waals surface area (Å²) in [7, 11) is 0. The molecule has 0 aromatic carbocycles. The first-order chi connectivity index (χ1) is 8.33. The summed E-state index contributed by atoms with van der Waals surface area (Å²) in [5, 5.41) is 3.53. The molecule has 3 nitrogen and oxygen atoms in total. The van der Waals surface area contributed by atoms with Crippen molar-refractivity contribution in [3.05, 3.63) is 16.1 Å². The van der Waals surface area contributed by atoms with E-state index in [9.17, 15) is 0 Å². The average Bonchev–Trinajstić information content (AvgIpc) is 2.94. The molecule has 3 heterocycles. The molecule has 0 amide bonds. The van der Waals surface area contributed by atoms with Crippen molar-refractivity contribution in [2.24, 2.45) is 11.8 Å². The number of likely N-dealkylation sites (tertiary alicyclic amines) is 1. The number of piperidine rings is 1. The van der Waals surface area contributed by atoms with Gasteiger partial charge >= 0.3 is 0 Å². The van der Waals surface area contributed by atoms with E-state index in [4.69, 9.17) is 0 Å². The van der Waals surface area contributed by atoms with Crippen molar-refractivity contribution in [2.75, 3.05) is 32.7 Å². The molecule has 2 aliphatic heterocycles. The van der Waals surface area contributed by atoms with Crippen LogP contribution in [0.15, 0.2) is 5.51 Å².